The van der Waals surface area contributed by atoms with Crippen molar-refractivity contribution in [2.24, 2.45) is 0 Å². The van der Waals surface area contributed by atoms with Crippen LogP contribution in [0, 0.1) is 10.1 Å². The number of non-ortho nitro benzene ring substituents is 1. The number of esters is 1. The Morgan fingerprint density at radius 1 is 1.00 bits per heavy atom. The molecule has 170 valence electrons. The summed E-state index contributed by atoms with van der Waals surface area (Å²) in [5, 5.41) is 10.7. The lowest BCUT2D eigenvalue weighted by molar-refractivity contribution is -0.384. The second-order valence-electron chi connectivity index (χ2n) is 6.98. The van der Waals surface area contributed by atoms with E-state index in [-0.39, 0.29) is 17.2 Å². The summed E-state index contributed by atoms with van der Waals surface area (Å²) in [5.41, 5.74) is 1.46. The molecule has 0 N–H and O–H groups in total. The Morgan fingerprint density at radius 3 is 2.21 bits per heavy atom. The van der Waals surface area contributed by atoms with Crippen molar-refractivity contribution in [3.8, 4) is 11.5 Å². The molecule has 1 heterocycles. The number of carbonyl (C=O) groups is 2. The number of hydrogen-bond acceptors (Lipinski definition) is 8. The average molecular weight is 493 g/mol. The molecular formula is C24H16N2O6S2. The Hall–Kier alpha value is -4.02. The molecule has 10 heteroatoms. The molecule has 0 saturated carbocycles. The summed E-state index contributed by atoms with van der Waals surface area (Å²) in [6.07, 6.45) is 1.71. The number of hydrogen-bond donors (Lipinski definition) is 0. The van der Waals surface area contributed by atoms with Gasteiger partial charge in [0.15, 0.2) is 4.32 Å². The van der Waals surface area contributed by atoms with E-state index in [0.717, 1.165) is 5.56 Å². The molecule has 3 aromatic carbocycles. The summed E-state index contributed by atoms with van der Waals surface area (Å²) in [7, 11) is 1.57. The maximum atomic E-state index is 12.9. The van der Waals surface area contributed by atoms with Crippen molar-refractivity contribution < 1.29 is 24.0 Å². The first-order valence-corrected chi connectivity index (χ1v) is 11.1. The SMILES string of the molecule is COc1ccc(N2C(=O)/C(=C\c3ccc(OC(=O)c4ccc([N+](=O)[O-])cc4)cc3)SC2=S)cc1. The number of nitrogens with zero attached hydrogens (tertiary/aromatic N) is 2. The fraction of sp³-hybridized carbons (Fsp3) is 0.0417. The van der Waals surface area contributed by atoms with Gasteiger partial charge in [0.05, 0.1) is 28.2 Å². The van der Waals surface area contributed by atoms with Gasteiger partial charge in [-0.15, -0.1) is 0 Å². The summed E-state index contributed by atoms with van der Waals surface area (Å²) in [5.74, 6) is 0.113. The van der Waals surface area contributed by atoms with E-state index in [9.17, 15) is 19.7 Å². The van der Waals surface area contributed by atoms with Crippen LogP contribution in [-0.4, -0.2) is 28.2 Å². The van der Waals surface area contributed by atoms with E-state index in [2.05, 4.69) is 0 Å². The van der Waals surface area contributed by atoms with Crippen molar-refractivity contribution in [2.75, 3.05) is 12.0 Å². The molecule has 1 aliphatic rings. The monoisotopic (exact) mass is 492 g/mol. The van der Waals surface area contributed by atoms with E-state index in [1.807, 2.05) is 0 Å². The van der Waals surface area contributed by atoms with Crippen molar-refractivity contribution in [1.29, 1.82) is 0 Å². The lowest BCUT2D eigenvalue weighted by atomic mass is 10.2. The summed E-state index contributed by atoms with van der Waals surface area (Å²) in [4.78, 5) is 37.3. The highest BCUT2D eigenvalue weighted by atomic mass is 32.2. The molecule has 0 unspecified atom stereocenters. The van der Waals surface area contributed by atoms with Gasteiger partial charge in [-0.05, 0) is 60.2 Å². The van der Waals surface area contributed by atoms with Gasteiger partial charge in [-0.1, -0.05) is 36.1 Å². The van der Waals surface area contributed by atoms with Crippen molar-refractivity contribution >= 4 is 57.6 Å². The van der Waals surface area contributed by atoms with Gasteiger partial charge in [0.25, 0.3) is 11.6 Å². The second-order valence-corrected chi connectivity index (χ2v) is 8.65. The molecule has 0 aliphatic carbocycles. The van der Waals surface area contributed by atoms with Gasteiger partial charge in [-0.2, -0.15) is 0 Å². The van der Waals surface area contributed by atoms with Gasteiger partial charge in [0, 0.05) is 12.1 Å². The lowest BCUT2D eigenvalue weighted by Crippen LogP contribution is -2.27. The average Bonchev–Trinajstić information content (AvgIpc) is 3.12. The van der Waals surface area contributed by atoms with E-state index in [0.29, 0.717) is 26.4 Å². The Kier molecular flexibility index (Phi) is 6.71. The highest BCUT2D eigenvalue weighted by Crippen LogP contribution is 2.36. The van der Waals surface area contributed by atoms with E-state index in [4.69, 9.17) is 21.7 Å². The van der Waals surface area contributed by atoms with E-state index >= 15 is 0 Å². The first-order chi connectivity index (χ1) is 16.4. The molecule has 0 bridgehead atoms. The highest BCUT2D eigenvalue weighted by Gasteiger charge is 2.33. The van der Waals surface area contributed by atoms with E-state index < -0.39 is 10.9 Å². The van der Waals surface area contributed by atoms with Crippen molar-refractivity contribution in [1.82, 2.24) is 0 Å². The number of thiocarbonyl (C=S) groups is 1. The highest BCUT2D eigenvalue weighted by molar-refractivity contribution is 8.27. The quantitative estimate of drug-likeness (QED) is 0.115. The fourth-order valence-corrected chi connectivity index (χ4v) is 4.39. The van der Waals surface area contributed by atoms with Crippen LogP contribution >= 0.6 is 24.0 Å². The Morgan fingerprint density at radius 2 is 1.62 bits per heavy atom. The molecule has 3 aromatic rings. The number of anilines is 1. The number of thioether (sulfide) groups is 1. The number of rotatable bonds is 6. The van der Waals surface area contributed by atoms with Gasteiger partial charge in [-0.3, -0.25) is 19.8 Å². The molecule has 8 nitrogen and oxygen atoms in total. The molecule has 34 heavy (non-hydrogen) atoms. The summed E-state index contributed by atoms with van der Waals surface area (Å²) >= 11 is 6.59. The summed E-state index contributed by atoms with van der Waals surface area (Å²) < 4.78 is 10.9. The van der Waals surface area contributed by atoms with Crippen LogP contribution in [0.3, 0.4) is 0 Å². The second kappa shape index (κ2) is 9.86. The minimum Gasteiger partial charge on any atom is -0.497 e. The molecule has 4 rings (SSSR count). The van der Waals surface area contributed by atoms with Crippen LogP contribution in [0.5, 0.6) is 11.5 Å². The maximum Gasteiger partial charge on any atom is 0.343 e. The molecule has 0 aromatic heterocycles. The summed E-state index contributed by atoms with van der Waals surface area (Å²) in [6.45, 7) is 0. The van der Waals surface area contributed by atoms with Crippen LogP contribution in [0.4, 0.5) is 11.4 Å². The standard InChI is InChI=1S/C24H16N2O6S2/c1-31-19-12-8-17(9-13-19)25-22(27)21(34-24(25)33)14-15-2-10-20(11-3-15)32-23(28)16-4-6-18(7-5-16)26(29)30/h2-14H,1H3/b21-14+. The third-order valence-electron chi connectivity index (χ3n) is 4.83. The molecule has 1 fully saturated rings. The van der Waals surface area contributed by atoms with Gasteiger partial charge >= 0.3 is 5.97 Å². The number of methoxy groups -OCH3 is 1. The molecule has 1 amide bonds. The van der Waals surface area contributed by atoms with Crippen molar-refractivity contribution in [3.63, 3.8) is 0 Å². The molecular weight excluding hydrogens is 476 g/mol. The summed E-state index contributed by atoms with van der Waals surface area (Å²) in [6, 6.07) is 18.8. The van der Waals surface area contributed by atoms with Crippen LogP contribution in [0.2, 0.25) is 0 Å². The Labute approximate surface area is 203 Å². The number of benzene rings is 3. The first-order valence-electron chi connectivity index (χ1n) is 9.84. The van der Waals surface area contributed by atoms with Crippen LogP contribution in [0.1, 0.15) is 15.9 Å². The smallest absolute Gasteiger partial charge is 0.343 e. The maximum absolute atomic E-state index is 12.9. The van der Waals surface area contributed by atoms with Gasteiger partial charge < -0.3 is 9.47 Å². The zero-order valence-electron chi connectivity index (χ0n) is 17.7. The number of amides is 1. The third-order valence-corrected chi connectivity index (χ3v) is 6.13. The lowest BCUT2D eigenvalue weighted by Gasteiger charge is -2.14. The predicted octanol–water partition coefficient (Wildman–Crippen LogP) is 5.23. The minimum absolute atomic E-state index is 0.113. The number of carbonyl (C=O) groups excluding carboxylic acids is 2. The number of nitro benzene ring substituents is 1. The van der Waals surface area contributed by atoms with Crippen LogP contribution in [0.25, 0.3) is 6.08 Å². The molecule has 1 saturated heterocycles. The van der Waals surface area contributed by atoms with Crippen molar-refractivity contribution in [2.45, 2.75) is 0 Å². The first kappa shape index (κ1) is 23.1. The number of nitro groups is 1. The normalized spacial score (nSPS) is 14.4. The molecule has 0 radical (unpaired) electrons. The van der Waals surface area contributed by atoms with Crippen LogP contribution < -0.4 is 14.4 Å². The molecule has 1 aliphatic heterocycles. The minimum atomic E-state index is -0.636. The van der Waals surface area contributed by atoms with Gasteiger partial charge in [0.2, 0.25) is 0 Å². The topological polar surface area (TPSA) is 99.0 Å². The predicted molar refractivity (Wildman–Crippen MR) is 133 cm³/mol. The Balaban J connectivity index is 1.44. The third kappa shape index (κ3) is 4.98. The zero-order valence-corrected chi connectivity index (χ0v) is 19.3. The fourth-order valence-electron chi connectivity index (χ4n) is 3.09. The molecule has 0 spiro atoms. The van der Waals surface area contributed by atoms with Gasteiger partial charge in [-0.25, -0.2) is 4.79 Å². The largest absolute Gasteiger partial charge is 0.497 e. The van der Waals surface area contributed by atoms with Crippen LogP contribution in [0.15, 0.2) is 77.7 Å². The number of ether oxygens (including phenoxy) is 2. The van der Waals surface area contributed by atoms with Crippen molar-refractivity contribution in [3.05, 3.63) is 98.9 Å². The van der Waals surface area contributed by atoms with E-state index in [1.165, 1.54) is 40.9 Å². The Bertz CT molecular complexity index is 1300. The van der Waals surface area contributed by atoms with Gasteiger partial charge in [0.1, 0.15) is 11.5 Å². The van der Waals surface area contributed by atoms with Crippen LogP contribution in [-0.2, 0) is 4.79 Å². The molecule has 0 atom stereocenters. The van der Waals surface area contributed by atoms with E-state index in [1.54, 1.807) is 61.7 Å². The zero-order chi connectivity index (χ0) is 24.2.